The van der Waals surface area contributed by atoms with E-state index in [9.17, 15) is 0 Å². The fraction of sp³-hybridized carbons (Fsp3) is 0.708. The van der Waals surface area contributed by atoms with Crippen LogP contribution in [0, 0.1) is 0 Å². The minimum atomic E-state index is 0. The average Bonchev–Trinajstić information content (AvgIpc) is 3.50. The van der Waals surface area contributed by atoms with Gasteiger partial charge in [0, 0.05) is 58.4 Å². The Hall–Kier alpha value is -1.10. The standard InChI is InChI=1S/C24H39N5O2.HI/c1-25-24(27-21-9-10-29(19-21)22-6-2-3-7-22)26-18-20-5-4-8-23(17-20)31-16-13-28-11-14-30-15-12-28;/h4-5,8,17,21-22H,2-3,6-7,9-16,18-19H2,1H3,(H2,25,26,27);1H. The summed E-state index contributed by atoms with van der Waals surface area (Å²) in [6, 6.07) is 9.65. The van der Waals surface area contributed by atoms with Gasteiger partial charge in [-0.15, -0.1) is 24.0 Å². The Kier molecular flexibility index (Phi) is 10.8. The van der Waals surface area contributed by atoms with Crippen molar-refractivity contribution >= 4 is 29.9 Å². The maximum atomic E-state index is 5.99. The number of guanidine groups is 1. The molecular weight excluding hydrogens is 517 g/mol. The highest BCUT2D eigenvalue weighted by molar-refractivity contribution is 14.0. The highest BCUT2D eigenvalue weighted by Gasteiger charge is 2.30. The van der Waals surface area contributed by atoms with E-state index in [-0.39, 0.29) is 24.0 Å². The quantitative estimate of drug-likeness (QED) is 0.291. The molecule has 32 heavy (non-hydrogen) atoms. The molecule has 3 fully saturated rings. The molecule has 2 N–H and O–H groups in total. The van der Waals surface area contributed by atoms with Crippen molar-refractivity contribution in [1.29, 1.82) is 0 Å². The molecule has 2 saturated heterocycles. The molecule has 7 nitrogen and oxygen atoms in total. The Morgan fingerprint density at radius 2 is 1.97 bits per heavy atom. The molecular formula is C24H40IN5O2. The third kappa shape index (κ3) is 7.74. The van der Waals surface area contributed by atoms with Gasteiger partial charge in [0.05, 0.1) is 13.2 Å². The molecule has 0 amide bonds. The Bertz CT molecular complexity index is 707. The molecule has 0 bridgehead atoms. The first-order valence-corrected chi connectivity index (χ1v) is 12.0. The maximum Gasteiger partial charge on any atom is 0.191 e. The Balaban J connectivity index is 0.00000289. The van der Waals surface area contributed by atoms with Crippen LogP contribution in [0.5, 0.6) is 5.75 Å². The van der Waals surface area contributed by atoms with Crippen LogP contribution in [0.15, 0.2) is 29.3 Å². The van der Waals surface area contributed by atoms with Gasteiger partial charge in [0.2, 0.25) is 0 Å². The van der Waals surface area contributed by atoms with Gasteiger partial charge >= 0.3 is 0 Å². The van der Waals surface area contributed by atoms with Gasteiger partial charge < -0.3 is 20.1 Å². The molecule has 1 atom stereocenters. The number of nitrogens with one attached hydrogen (secondary N) is 2. The molecule has 0 aromatic heterocycles. The summed E-state index contributed by atoms with van der Waals surface area (Å²) in [5.41, 5.74) is 1.20. The fourth-order valence-electron chi connectivity index (χ4n) is 4.94. The van der Waals surface area contributed by atoms with Gasteiger partial charge in [-0.3, -0.25) is 14.8 Å². The van der Waals surface area contributed by atoms with Crippen LogP contribution in [0.1, 0.15) is 37.7 Å². The van der Waals surface area contributed by atoms with E-state index in [1.165, 1.54) is 44.2 Å². The predicted molar refractivity (Wildman–Crippen MR) is 140 cm³/mol. The van der Waals surface area contributed by atoms with E-state index < -0.39 is 0 Å². The first kappa shape index (κ1) is 25.5. The van der Waals surface area contributed by atoms with Crippen LogP contribution in [0.2, 0.25) is 0 Å². The fourth-order valence-corrected chi connectivity index (χ4v) is 4.94. The van der Waals surface area contributed by atoms with Crippen molar-refractivity contribution in [2.24, 2.45) is 4.99 Å². The molecule has 1 aromatic rings. The van der Waals surface area contributed by atoms with Crippen molar-refractivity contribution < 1.29 is 9.47 Å². The number of ether oxygens (including phenoxy) is 2. The molecule has 8 heteroatoms. The topological polar surface area (TPSA) is 61.4 Å². The summed E-state index contributed by atoms with van der Waals surface area (Å²) in [4.78, 5) is 9.51. The van der Waals surface area contributed by atoms with E-state index >= 15 is 0 Å². The van der Waals surface area contributed by atoms with Crippen LogP contribution in [-0.4, -0.2) is 87.4 Å². The first-order valence-electron chi connectivity index (χ1n) is 12.0. The minimum Gasteiger partial charge on any atom is -0.492 e. The second-order valence-corrected chi connectivity index (χ2v) is 8.94. The predicted octanol–water partition coefficient (Wildman–Crippen LogP) is 2.70. The number of morpholine rings is 1. The SMILES string of the molecule is CN=C(NCc1cccc(OCCN2CCOCC2)c1)NC1CCN(C2CCCC2)C1.I. The molecule has 2 heterocycles. The highest BCUT2D eigenvalue weighted by Crippen LogP contribution is 2.26. The molecule has 180 valence electrons. The Morgan fingerprint density at radius 3 is 2.75 bits per heavy atom. The van der Waals surface area contributed by atoms with Crippen LogP contribution >= 0.6 is 24.0 Å². The van der Waals surface area contributed by atoms with Crippen LogP contribution in [0.3, 0.4) is 0 Å². The lowest BCUT2D eigenvalue weighted by Crippen LogP contribution is -2.45. The van der Waals surface area contributed by atoms with Crippen LogP contribution in [0.25, 0.3) is 0 Å². The van der Waals surface area contributed by atoms with Gasteiger partial charge in [-0.2, -0.15) is 0 Å². The van der Waals surface area contributed by atoms with Gasteiger partial charge in [0.25, 0.3) is 0 Å². The van der Waals surface area contributed by atoms with Crippen LogP contribution in [-0.2, 0) is 11.3 Å². The van der Waals surface area contributed by atoms with Gasteiger partial charge in [0.1, 0.15) is 12.4 Å². The largest absolute Gasteiger partial charge is 0.492 e. The van der Waals surface area contributed by atoms with Crippen LogP contribution in [0.4, 0.5) is 0 Å². The van der Waals surface area contributed by atoms with Gasteiger partial charge in [0.15, 0.2) is 5.96 Å². The maximum absolute atomic E-state index is 5.99. The van der Waals surface area contributed by atoms with E-state index in [1.807, 2.05) is 13.1 Å². The lowest BCUT2D eigenvalue weighted by atomic mass is 10.2. The number of aliphatic imine (C=N–C) groups is 1. The lowest BCUT2D eigenvalue weighted by Gasteiger charge is -2.26. The number of nitrogens with zero attached hydrogens (tertiary/aromatic N) is 3. The number of rotatable bonds is 8. The number of hydrogen-bond acceptors (Lipinski definition) is 5. The third-order valence-corrected chi connectivity index (χ3v) is 6.76. The van der Waals surface area contributed by atoms with Crippen molar-refractivity contribution in [3.05, 3.63) is 29.8 Å². The van der Waals surface area contributed by atoms with E-state index in [4.69, 9.17) is 9.47 Å². The number of hydrogen-bond donors (Lipinski definition) is 2. The highest BCUT2D eigenvalue weighted by atomic mass is 127. The van der Waals surface area contributed by atoms with Gasteiger partial charge in [-0.1, -0.05) is 25.0 Å². The van der Waals surface area contributed by atoms with E-state index in [0.29, 0.717) is 12.6 Å². The first-order chi connectivity index (χ1) is 15.3. The normalized spacial score (nSPS) is 23.2. The summed E-state index contributed by atoms with van der Waals surface area (Å²) in [6.07, 6.45) is 6.76. The molecule has 1 aliphatic carbocycles. The van der Waals surface area contributed by atoms with Crippen molar-refractivity contribution in [2.75, 3.05) is 59.6 Å². The number of benzene rings is 1. The zero-order valence-corrected chi connectivity index (χ0v) is 21.8. The smallest absolute Gasteiger partial charge is 0.191 e. The van der Waals surface area contributed by atoms with E-state index in [1.54, 1.807) is 0 Å². The summed E-state index contributed by atoms with van der Waals surface area (Å²) in [5, 5.41) is 7.10. The lowest BCUT2D eigenvalue weighted by molar-refractivity contribution is 0.0322. The van der Waals surface area contributed by atoms with Crippen molar-refractivity contribution in [3.8, 4) is 5.75 Å². The summed E-state index contributed by atoms with van der Waals surface area (Å²) < 4.78 is 11.4. The molecule has 1 saturated carbocycles. The minimum absolute atomic E-state index is 0. The summed E-state index contributed by atoms with van der Waals surface area (Å²) in [7, 11) is 1.85. The molecule has 1 aromatic carbocycles. The molecule has 4 rings (SSSR count). The van der Waals surface area contributed by atoms with E-state index in [2.05, 4.69) is 43.6 Å². The number of halogens is 1. The second-order valence-electron chi connectivity index (χ2n) is 8.94. The zero-order valence-electron chi connectivity index (χ0n) is 19.4. The van der Waals surface area contributed by atoms with Gasteiger partial charge in [-0.25, -0.2) is 0 Å². The average molecular weight is 558 g/mol. The zero-order chi connectivity index (χ0) is 21.3. The molecule has 2 aliphatic heterocycles. The second kappa shape index (κ2) is 13.6. The molecule has 0 spiro atoms. The summed E-state index contributed by atoms with van der Waals surface area (Å²) in [5.74, 6) is 1.82. The molecule has 1 unspecified atom stereocenters. The van der Waals surface area contributed by atoms with Crippen molar-refractivity contribution in [1.82, 2.24) is 20.4 Å². The van der Waals surface area contributed by atoms with Crippen LogP contribution < -0.4 is 15.4 Å². The molecule has 0 radical (unpaired) electrons. The van der Waals surface area contributed by atoms with Crippen molar-refractivity contribution in [2.45, 2.75) is 50.7 Å². The molecule has 3 aliphatic rings. The number of likely N-dealkylation sites (tertiary alicyclic amines) is 1. The van der Waals surface area contributed by atoms with Crippen molar-refractivity contribution in [3.63, 3.8) is 0 Å². The summed E-state index contributed by atoms with van der Waals surface area (Å²) >= 11 is 0. The van der Waals surface area contributed by atoms with E-state index in [0.717, 1.165) is 63.7 Å². The van der Waals surface area contributed by atoms with Gasteiger partial charge in [-0.05, 0) is 37.0 Å². The Morgan fingerprint density at radius 1 is 1.16 bits per heavy atom. The third-order valence-electron chi connectivity index (χ3n) is 6.76. The Labute approximate surface area is 210 Å². The monoisotopic (exact) mass is 557 g/mol. The summed E-state index contributed by atoms with van der Waals surface area (Å²) in [6.45, 7) is 8.39.